The van der Waals surface area contributed by atoms with Crippen molar-refractivity contribution in [3.8, 4) is 0 Å². The van der Waals surface area contributed by atoms with Crippen LogP contribution in [-0.2, 0) is 4.79 Å². The number of fused-ring (bicyclic) bond motifs is 1. The van der Waals surface area contributed by atoms with Crippen molar-refractivity contribution in [1.82, 2.24) is 10.2 Å². The number of nitrogens with zero attached hydrogens (tertiary/aromatic N) is 1. The Morgan fingerprint density at radius 3 is 2.81 bits per heavy atom. The molecule has 3 rings (SSSR count). The van der Waals surface area contributed by atoms with E-state index in [4.69, 9.17) is 0 Å². The van der Waals surface area contributed by atoms with Crippen LogP contribution in [0.5, 0.6) is 0 Å². The van der Waals surface area contributed by atoms with E-state index < -0.39 is 0 Å². The van der Waals surface area contributed by atoms with Gasteiger partial charge in [0.15, 0.2) is 0 Å². The molecule has 0 aromatic carbocycles. The van der Waals surface area contributed by atoms with Gasteiger partial charge in [0.25, 0.3) is 0 Å². The molecule has 90 valence electrons. The predicted octanol–water partition coefficient (Wildman–Crippen LogP) is 1.39. The zero-order valence-corrected chi connectivity index (χ0v) is 9.95. The highest BCUT2D eigenvalue weighted by molar-refractivity contribution is 5.77. The average Bonchev–Trinajstić information content (AvgIpc) is 2.70. The SMILES string of the molecule is O=C(CC1CCC1)N1CCCC2CNCC21. The van der Waals surface area contributed by atoms with Gasteiger partial charge in [-0.2, -0.15) is 0 Å². The molecule has 0 bridgehead atoms. The molecular weight excluding hydrogens is 200 g/mol. The highest BCUT2D eigenvalue weighted by Crippen LogP contribution is 2.32. The molecule has 1 saturated carbocycles. The molecule has 1 aliphatic carbocycles. The first-order chi connectivity index (χ1) is 7.84. The topological polar surface area (TPSA) is 32.3 Å². The lowest BCUT2D eigenvalue weighted by Gasteiger charge is -2.38. The molecule has 0 aromatic rings. The van der Waals surface area contributed by atoms with E-state index in [1.807, 2.05) is 0 Å². The van der Waals surface area contributed by atoms with Gasteiger partial charge in [0.1, 0.15) is 0 Å². The number of hydrogen-bond acceptors (Lipinski definition) is 2. The summed E-state index contributed by atoms with van der Waals surface area (Å²) in [4.78, 5) is 14.4. The first-order valence-corrected chi connectivity index (χ1v) is 6.85. The van der Waals surface area contributed by atoms with E-state index in [2.05, 4.69) is 10.2 Å². The van der Waals surface area contributed by atoms with Crippen molar-refractivity contribution in [2.45, 2.75) is 44.6 Å². The van der Waals surface area contributed by atoms with Crippen molar-refractivity contribution in [2.75, 3.05) is 19.6 Å². The summed E-state index contributed by atoms with van der Waals surface area (Å²) in [5.41, 5.74) is 0. The molecule has 3 fully saturated rings. The molecule has 0 spiro atoms. The number of nitrogens with one attached hydrogen (secondary N) is 1. The molecule has 3 aliphatic rings. The minimum Gasteiger partial charge on any atom is -0.338 e. The maximum absolute atomic E-state index is 12.2. The molecule has 2 unspecified atom stereocenters. The van der Waals surface area contributed by atoms with Crippen molar-refractivity contribution >= 4 is 5.91 Å². The summed E-state index contributed by atoms with van der Waals surface area (Å²) in [7, 11) is 0. The monoisotopic (exact) mass is 222 g/mol. The molecule has 2 saturated heterocycles. The second-order valence-corrected chi connectivity index (χ2v) is 5.72. The Kier molecular flexibility index (Phi) is 2.88. The fourth-order valence-electron chi connectivity index (χ4n) is 3.44. The standard InChI is InChI=1S/C13H22N2O/c16-13(7-10-3-1-4-10)15-6-2-5-11-8-14-9-12(11)15/h10-12,14H,1-9H2. The predicted molar refractivity (Wildman–Crippen MR) is 63.1 cm³/mol. The maximum Gasteiger partial charge on any atom is 0.223 e. The van der Waals surface area contributed by atoms with Gasteiger partial charge in [0, 0.05) is 32.1 Å². The van der Waals surface area contributed by atoms with Crippen LogP contribution in [-0.4, -0.2) is 36.5 Å². The van der Waals surface area contributed by atoms with E-state index in [0.717, 1.165) is 32.0 Å². The Balaban J connectivity index is 1.61. The highest BCUT2D eigenvalue weighted by Gasteiger charge is 2.37. The normalized spacial score (nSPS) is 34.6. The first kappa shape index (κ1) is 10.6. The Morgan fingerprint density at radius 2 is 2.06 bits per heavy atom. The number of rotatable bonds is 2. The smallest absolute Gasteiger partial charge is 0.223 e. The molecule has 2 atom stereocenters. The van der Waals surface area contributed by atoms with E-state index in [0.29, 0.717) is 17.9 Å². The van der Waals surface area contributed by atoms with Gasteiger partial charge in [-0.05, 0) is 37.5 Å². The lowest BCUT2D eigenvalue weighted by molar-refractivity contribution is -0.137. The van der Waals surface area contributed by atoms with Crippen LogP contribution in [0.3, 0.4) is 0 Å². The van der Waals surface area contributed by atoms with Crippen molar-refractivity contribution in [1.29, 1.82) is 0 Å². The van der Waals surface area contributed by atoms with Gasteiger partial charge >= 0.3 is 0 Å². The molecule has 1 N–H and O–H groups in total. The Labute approximate surface area is 97.6 Å². The van der Waals surface area contributed by atoms with Gasteiger partial charge in [0.05, 0.1) is 0 Å². The molecule has 1 amide bonds. The Bertz CT molecular complexity index is 275. The van der Waals surface area contributed by atoms with Gasteiger partial charge in [-0.1, -0.05) is 6.42 Å². The largest absolute Gasteiger partial charge is 0.338 e. The number of likely N-dealkylation sites (tertiary alicyclic amines) is 1. The molecule has 0 aromatic heterocycles. The fraction of sp³-hybridized carbons (Fsp3) is 0.923. The van der Waals surface area contributed by atoms with Gasteiger partial charge in [-0.15, -0.1) is 0 Å². The fourth-order valence-corrected chi connectivity index (χ4v) is 3.44. The summed E-state index contributed by atoms with van der Waals surface area (Å²) >= 11 is 0. The van der Waals surface area contributed by atoms with E-state index in [9.17, 15) is 4.79 Å². The van der Waals surface area contributed by atoms with Gasteiger partial charge in [-0.3, -0.25) is 4.79 Å². The number of carbonyl (C=O) groups excluding carboxylic acids is 1. The second-order valence-electron chi connectivity index (χ2n) is 5.72. The van der Waals surface area contributed by atoms with Gasteiger partial charge in [-0.25, -0.2) is 0 Å². The van der Waals surface area contributed by atoms with Crippen LogP contribution in [0.25, 0.3) is 0 Å². The van der Waals surface area contributed by atoms with Crippen molar-refractivity contribution in [2.24, 2.45) is 11.8 Å². The van der Waals surface area contributed by atoms with Crippen LogP contribution in [0.15, 0.2) is 0 Å². The molecular formula is C13H22N2O. The third-order valence-corrected chi connectivity index (χ3v) is 4.69. The van der Waals surface area contributed by atoms with Gasteiger partial charge < -0.3 is 10.2 Å². The highest BCUT2D eigenvalue weighted by atomic mass is 16.2. The Hall–Kier alpha value is -0.570. The van der Waals surface area contributed by atoms with Crippen molar-refractivity contribution in [3.63, 3.8) is 0 Å². The lowest BCUT2D eigenvalue weighted by Crippen LogP contribution is -2.48. The number of piperidine rings is 1. The Morgan fingerprint density at radius 1 is 1.19 bits per heavy atom. The summed E-state index contributed by atoms with van der Waals surface area (Å²) < 4.78 is 0. The first-order valence-electron chi connectivity index (χ1n) is 6.85. The number of carbonyl (C=O) groups is 1. The number of amides is 1. The van der Waals surface area contributed by atoms with Crippen LogP contribution < -0.4 is 5.32 Å². The summed E-state index contributed by atoms with van der Waals surface area (Å²) in [5.74, 6) is 1.88. The van der Waals surface area contributed by atoms with E-state index in [1.54, 1.807) is 0 Å². The average molecular weight is 222 g/mol. The zero-order chi connectivity index (χ0) is 11.0. The summed E-state index contributed by atoms with van der Waals surface area (Å²) in [6.45, 7) is 3.16. The third kappa shape index (κ3) is 1.86. The summed E-state index contributed by atoms with van der Waals surface area (Å²) in [6, 6.07) is 0.515. The molecule has 2 aliphatic heterocycles. The minimum atomic E-state index is 0.433. The molecule has 3 nitrogen and oxygen atoms in total. The molecule has 2 heterocycles. The van der Waals surface area contributed by atoms with Gasteiger partial charge in [0.2, 0.25) is 5.91 Å². The maximum atomic E-state index is 12.2. The molecule has 3 heteroatoms. The van der Waals surface area contributed by atoms with E-state index >= 15 is 0 Å². The second kappa shape index (κ2) is 4.36. The van der Waals surface area contributed by atoms with E-state index in [-0.39, 0.29) is 0 Å². The molecule has 16 heavy (non-hydrogen) atoms. The van der Waals surface area contributed by atoms with Crippen molar-refractivity contribution < 1.29 is 4.79 Å². The number of hydrogen-bond donors (Lipinski definition) is 1. The van der Waals surface area contributed by atoms with Crippen molar-refractivity contribution in [3.05, 3.63) is 0 Å². The van der Waals surface area contributed by atoms with Crippen LogP contribution in [0.4, 0.5) is 0 Å². The minimum absolute atomic E-state index is 0.433. The lowest BCUT2D eigenvalue weighted by atomic mass is 9.82. The summed E-state index contributed by atoms with van der Waals surface area (Å²) in [5, 5.41) is 3.44. The van der Waals surface area contributed by atoms with Crippen LogP contribution in [0.2, 0.25) is 0 Å². The van der Waals surface area contributed by atoms with Crippen LogP contribution in [0, 0.1) is 11.8 Å². The molecule has 0 radical (unpaired) electrons. The summed E-state index contributed by atoms with van der Waals surface area (Å²) in [6.07, 6.45) is 7.25. The third-order valence-electron chi connectivity index (χ3n) is 4.69. The van der Waals surface area contributed by atoms with E-state index in [1.165, 1.54) is 32.1 Å². The zero-order valence-electron chi connectivity index (χ0n) is 9.95. The van der Waals surface area contributed by atoms with Crippen LogP contribution in [0.1, 0.15) is 38.5 Å². The van der Waals surface area contributed by atoms with Crippen LogP contribution >= 0.6 is 0 Å². The quantitative estimate of drug-likeness (QED) is 0.765.